The van der Waals surface area contributed by atoms with E-state index in [1.165, 1.54) is 0 Å². The molecule has 0 aromatic heterocycles. The van der Waals surface area contributed by atoms with Gasteiger partial charge in [-0.05, 0) is 49.6 Å². The Morgan fingerprint density at radius 2 is 2.09 bits per heavy atom. The van der Waals surface area contributed by atoms with Gasteiger partial charge in [0.2, 0.25) is 5.91 Å². The molecule has 0 radical (unpaired) electrons. The van der Waals surface area contributed by atoms with Crippen molar-refractivity contribution in [3.8, 4) is 5.75 Å². The van der Waals surface area contributed by atoms with Gasteiger partial charge in [-0.3, -0.25) is 9.69 Å². The fraction of sp³-hybridized carbons (Fsp3) is 0.562. The molecule has 22 heavy (non-hydrogen) atoms. The van der Waals surface area contributed by atoms with Gasteiger partial charge < -0.3 is 15.8 Å². The third-order valence-electron chi connectivity index (χ3n) is 4.09. The number of hydrogen-bond acceptors (Lipinski definition) is 4. The molecule has 1 fully saturated rings. The van der Waals surface area contributed by atoms with Gasteiger partial charge in [-0.1, -0.05) is 6.92 Å². The lowest BCUT2D eigenvalue weighted by Gasteiger charge is -2.37. The van der Waals surface area contributed by atoms with Crippen LogP contribution in [-0.2, 0) is 4.79 Å². The maximum absolute atomic E-state index is 12.2. The zero-order valence-electron chi connectivity index (χ0n) is 13.2. The minimum Gasteiger partial charge on any atom is -0.497 e. The normalized spacial score (nSPS) is 21.8. The van der Waals surface area contributed by atoms with E-state index < -0.39 is 0 Å². The van der Waals surface area contributed by atoms with Crippen LogP contribution in [0.1, 0.15) is 19.8 Å². The largest absolute Gasteiger partial charge is 0.497 e. The third kappa shape index (κ3) is 5.16. The predicted octanol–water partition coefficient (Wildman–Crippen LogP) is 2.11. The Morgan fingerprint density at radius 1 is 1.41 bits per heavy atom. The summed E-state index contributed by atoms with van der Waals surface area (Å²) in [5.74, 6) is 1.48. The number of carbonyl (C=O) groups is 1. The van der Waals surface area contributed by atoms with Gasteiger partial charge in [-0.25, -0.2) is 0 Å². The monoisotopic (exact) mass is 327 g/mol. The van der Waals surface area contributed by atoms with Gasteiger partial charge in [0.25, 0.3) is 0 Å². The first-order chi connectivity index (χ1) is 10.1. The van der Waals surface area contributed by atoms with E-state index in [1.54, 1.807) is 7.11 Å². The highest BCUT2D eigenvalue weighted by Crippen LogP contribution is 2.22. The van der Waals surface area contributed by atoms with Crippen molar-refractivity contribution in [2.24, 2.45) is 11.7 Å². The number of methoxy groups -OCH3 is 1. The van der Waals surface area contributed by atoms with Gasteiger partial charge in [0.05, 0.1) is 13.7 Å². The van der Waals surface area contributed by atoms with E-state index in [9.17, 15) is 4.79 Å². The quantitative estimate of drug-likeness (QED) is 0.869. The standard InChI is InChI=1S/C16H25N3O2.ClH/c1-12-7-8-19(14(9-12)10-17)11-16(20)18-13-3-5-15(21-2)6-4-13;/h3-6,12,14H,7-11,17H2,1-2H3,(H,18,20);1H. The predicted molar refractivity (Wildman–Crippen MR) is 91.7 cm³/mol. The van der Waals surface area contributed by atoms with E-state index in [0.29, 0.717) is 25.0 Å². The number of amides is 1. The first kappa shape index (κ1) is 18.7. The molecule has 2 unspecified atom stereocenters. The molecule has 5 nitrogen and oxygen atoms in total. The Balaban J connectivity index is 0.00000242. The van der Waals surface area contributed by atoms with Crippen LogP contribution >= 0.6 is 12.4 Å². The van der Waals surface area contributed by atoms with Gasteiger partial charge >= 0.3 is 0 Å². The maximum Gasteiger partial charge on any atom is 0.238 e. The van der Waals surface area contributed by atoms with E-state index >= 15 is 0 Å². The lowest BCUT2D eigenvalue weighted by Crippen LogP contribution is -2.49. The molecule has 1 aliphatic rings. The van der Waals surface area contributed by atoms with Crippen LogP contribution in [0.4, 0.5) is 5.69 Å². The number of hydrogen-bond donors (Lipinski definition) is 2. The first-order valence-electron chi connectivity index (χ1n) is 7.50. The number of piperidine rings is 1. The summed E-state index contributed by atoms with van der Waals surface area (Å²) in [6.45, 7) is 4.21. The lowest BCUT2D eigenvalue weighted by atomic mass is 9.92. The molecule has 1 aliphatic heterocycles. The summed E-state index contributed by atoms with van der Waals surface area (Å²) in [6.07, 6.45) is 2.21. The van der Waals surface area contributed by atoms with E-state index in [1.807, 2.05) is 24.3 Å². The molecule has 1 aromatic carbocycles. The van der Waals surface area contributed by atoms with Crippen molar-refractivity contribution in [3.63, 3.8) is 0 Å². The number of rotatable bonds is 5. The summed E-state index contributed by atoms with van der Waals surface area (Å²) in [5.41, 5.74) is 6.62. The summed E-state index contributed by atoms with van der Waals surface area (Å²) in [7, 11) is 1.62. The molecule has 0 bridgehead atoms. The van der Waals surface area contributed by atoms with Crippen molar-refractivity contribution in [3.05, 3.63) is 24.3 Å². The fourth-order valence-corrected chi connectivity index (χ4v) is 2.81. The number of nitrogens with zero attached hydrogens (tertiary/aromatic N) is 1. The van der Waals surface area contributed by atoms with Gasteiger partial charge in [-0.2, -0.15) is 0 Å². The minimum atomic E-state index is 0. The Kier molecular flexibility index (Phi) is 7.65. The highest BCUT2D eigenvalue weighted by Gasteiger charge is 2.26. The molecule has 1 saturated heterocycles. The van der Waals surface area contributed by atoms with Crippen LogP contribution in [0, 0.1) is 5.92 Å². The molecule has 0 spiro atoms. The van der Waals surface area contributed by atoms with Gasteiger partial charge in [0.15, 0.2) is 0 Å². The van der Waals surface area contributed by atoms with Gasteiger partial charge in [0, 0.05) is 18.3 Å². The smallest absolute Gasteiger partial charge is 0.238 e. The van der Waals surface area contributed by atoms with Crippen LogP contribution in [-0.4, -0.2) is 43.6 Å². The molecule has 124 valence electrons. The van der Waals surface area contributed by atoms with Crippen molar-refractivity contribution < 1.29 is 9.53 Å². The van der Waals surface area contributed by atoms with E-state index in [0.717, 1.165) is 30.8 Å². The number of likely N-dealkylation sites (tertiary alicyclic amines) is 1. The van der Waals surface area contributed by atoms with Crippen LogP contribution in [0.2, 0.25) is 0 Å². The number of halogens is 1. The summed E-state index contributed by atoms with van der Waals surface area (Å²) < 4.78 is 5.10. The highest BCUT2D eigenvalue weighted by molar-refractivity contribution is 5.92. The summed E-state index contributed by atoms with van der Waals surface area (Å²) in [5, 5.41) is 2.92. The summed E-state index contributed by atoms with van der Waals surface area (Å²) >= 11 is 0. The molecule has 1 aromatic rings. The molecular formula is C16H26ClN3O2. The fourth-order valence-electron chi connectivity index (χ4n) is 2.81. The highest BCUT2D eigenvalue weighted by atomic mass is 35.5. The lowest BCUT2D eigenvalue weighted by molar-refractivity contribution is -0.118. The van der Waals surface area contributed by atoms with E-state index in [2.05, 4.69) is 17.1 Å². The number of carbonyl (C=O) groups excluding carboxylic acids is 1. The van der Waals surface area contributed by atoms with Crippen molar-refractivity contribution in [2.75, 3.05) is 32.1 Å². The molecule has 2 atom stereocenters. The molecule has 2 rings (SSSR count). The number of ether oxygens (including phenoxy) is 1. The minimum absolute atomic E-state index is 0. The Hall–Kier alpha value is -1.30. The summed E-state index contributed by atoms with van der Waals surface area (Å²) in [4.78, 5) is 14.3. The SMILES string of the molecule is COc1ccc(NC(=O)CN2CCC(C)CC2CN)cc1.Cl. The average molecular weight is 328 g/mol. The Morgan fingerprint density at radius 3 is 2.68 bits per heavy atom. The first-order valence-corrected chi connectivity index (χ1v) is 7.50. The molecule has 0 saturated carbocycles. The molecule has 0 aliphatic carbocycles. The molecule has 3 N–H and O–H groups in total. The number of anilines is 1. The van der Waals surface area contributed by atoms with Crippen molar-refractivity contribution in [1.29, 1.82) is 0 Å². The molecular weight excluding hydrogens is 302 g/mol. The van der Waals surface area contributed by atoms with Gasteiger partial charge in [0.1, 0.15) is 5.75 Å². The maximum atomic E-state index is 12.2. The van der Waals surface area contributed by atoms with Crippen LogP contribution in [0.25, 0.3) is 0 Å². The second-order valence-electron chi connectivity index (χ2n) is 5.77. The van der Waals surface area contributed by atoms with Gasteiger partial charge in [-0.15, -0.1) is 12.4 Å². The second-order valence-corrected chi connectivity index (χ2v) is 5.77. The second kappa shape index (κ2) is 8.98. The Bertz CT molecular complexity index is 467. The zero-order valence-corrected chi connectivity index (χ0v) is 14.1. The van der Waals surface area contributed by atoms with Crippen LogP contribution < -0.4 is 15.8 Å². The molecule has 1 amide bonds. The van der Waals surface area contributed by atoms with Crippen molar-refractivity contribution in [2.45, 2.75) is 25.8 Å². The van der Waals surface area contributed by atoms with Crippen molar-refractivity contribution in [1.82, 2.24) is 4.90 Å². The zero-order chi connectivity index (χ0) is 15.2. The van der Waals surface area contributed by atoms with E-state index in [4.69, 9.17) is 10.5 Å². The van der Waals surface area contributed by atoms with Crippen LogP contribution in [0.3, 0.4) is 0 Å². The van der Waals surface area contributed by atoms with Crippen molar-refractivity contribution >= 4 is 24.0 Å². The topological polar surface area (TPSA) is 67.6 Å². The average Bonchev–Trinajstić information content (AvgIpc) is 2.49. The third-order valence-corrected chi connectivity index (χ3v) is 4.09. The van der Waals surface area contributed by atoms with E-state index in [-0.39, 0.29) is 18.3 Å². The molecule has 1 heterocycles. The van der Waals surface area contributed by atoms with Crippen LogP contribution in [0.15, 0.2) is 24.3 Å². The van der Waals surface area contributed by atoms with Crippen LogP contribution in [0.5, 0.6) is 5.75 Å². The number of nitrogens with one attached hydrogen (secondary N) is 1. The number of benzene rings is 1. The number of nitrogens with two attached hydrogens (primary N) is 1. The summed E-state index contributed by atoms with van der Waals surface area (Å²) in [6, 6.07) is 7.67. The Labute approximate surface area is 138 Å². The molecule has 6 heteroatoms.